The molecule has 0 aliphatic rings. The third-order valence-corrected chi connectivity index (χ3v) is 2.78. The first-order valence-electron chi connectivity index (χ1n) is 5.07. The molecule has 0 fully saturated rings. The Balaban J connectivity index is 3.09. The zero-order valence-electron chi connectivity index (χ0n) is 10.1. The van der Waals surface area contributed by atoms with Crippen LogP contribution in [-0.4, -0.2) is 15.2 Å². The van der Waals surface area contributed by atoms with Gasteiger partial charge in [0, 0.05) is 5.56 Å². The van der Waals surface area contributed by atoms with Gasteiger partial charge >= 0.3 is 0 Å². The summed E-state index contributed by atoms with van der Waals surface area (Å²) in [6.07, 6.45) is 0. The SMILES string of the molecule is COc1cc(C#C[Si](C)(C)C)ccc1C#N. The summed E-state index contributed by atoms with van der Waals surface area (Å²) in [5.41, 5.74) is 4.72. The largest absolute Gasteiger partial charge is 0.495 e. The quantitative estimate of drug-likeness (QED) is 0.548. The molecule has 0 unspecified atom stereocenters. The highest BCUT2D eigenvalue weighted by Crippen LogP contribution is 2.18. The van der Waals surface area contributed by atoms with E-state index in [-0.39, 0.29) is 0 Å². The zero-order chi connectivity index (χ0) is 12.2. The Morgan fingerprint density at radius 2 is 1.94 bits per heavy atom. The van der Waals surface area contributed by atoms with Crippen LogP contribution in [0.3, 0.4) is 0 Å². The molecule has 0 amide bonds. The van der Waals surface area contributed by atoms with Gasteiger partial charge < -0.3 is 4.74 Å². The Morgan fingerprint density at radius 1 is 1.25 bits per heavy atom. The smallest absolute Gasteiger partial charge is 0.137 e. The Labute approximate surface area is 97.9 Å². The summed E-state index contributed by atoms with van der Waals surface area (Å²) in [5.74, 6) is 3.72. The van der Waals surface area contributed by atoms with Gasteiger partial charge in [0.25, 0.3) is 0 Å². The molecule has 82 valence electrons. The minimum Gasteiger partial charge on any atom is -0.495 e. The normalized spacial score (nSPS) is 9.94. The summed E-state index contributed by atoms with van der Waals surface area (Å²) >= 11 is 0. The topological polar surface area (TPSA) is 33.0 Å². The van der Waals surface area contributed by atoms with Gasteiger partial charge in [0.1, 0.15) is 19.9 Å². The van der Waals surface area contributed by atoms with Crippen molar-refractivity contribution in [2.75, 3.05) is 7.11 Å². The van der Waals surface area contributed by atoms with Crippen molar-refractivity contribution in [3.8, 4) is 23.3 Å². The molecule has 0 heterocycles. The molecule has 0 aliphatic carbocycles. The summed E-state index contributed by atoms with van der Waals surface area (Å²) in [5, 5.41) is 8.84. The van der Waals surface area contributed by atoms with Crippen LogP contribution in [0.1, 0.15) is 11.1 Å². The van der Waals surface area contributed by atoms with Crippen LogP contribution in [0, 0.1) is 22.8 Å². The van der Waals surface area contributed by atoms with Gasteiger partial charge in [-0.05, 0) is 18.2 Å². The fraction of sp³-hybridized carbons (Fsp3) is 0.308. The number of ether oxygens (including phenoxy) is 1. The lowest BCUT2D eigenvalue weighted by molar-refractivity contribution is 0.413. The highest BCUT2D eigenvalue weighted by molar-refractivity contribution is 6.83. The van der Waals surface area contributed by atoms with E-state index >= 15 is 0 Å². The third-order valence-electron chi connectivity index (χ3n) is 1.90. The molecule has 0 spiro atoms. The molecule has 0 atom stereocenters. The number of benzene rings is 1. The maximum Gasteiger partial charge on any atom is 0.137 e. The number of hydrogen-bond acceptors (Lipinski definition) is 2. The molecule has 1 aromatic rings. The second-order valence-corrected chi connectivity index (χ2v) is 9.28. The second-order valence-electron chi connectivity index (χ2n) is 4.53. The van der Waals surface area contributed by atoms with E-state index in [1.54, 1.807) is 13.2 Å². The van der Waals surface area contributed by atoms with E-state index in [1.807, 2.05) is 12.1 Å². The third kappa shape index (κ3) is 3.45. The maximum atomic E-state index is 8.84. The van der Waals surface area contributed by atoms with Gasteiger partial charge in [0.15, 0.2) is 0 Å². The molecular formula is C13H15NOSi. The van der Waals surface area contributed by atoms with E-state index in [0.29, 0.717) is 11.3 Å². The predicted octanol–water partition coefficient (Wildman–Crippen LogP) is 2.80. The van der Waals surface area contributed by atoms with Crippen LogP contribution < -0.4 is 4.74 Å². The molecule has 0 N–H and O–H groups in total. The molecule has 0 aliphatic heterocycles. The maximum absolute atomic E-state index is 8.84. The average Bonchev–Trinajstić information content (AvgIpc) is 2.25. The summed E-state index contributed by atoms with van der Waals surface area (Å²) in [6, 6.07) is 7.49. The number of rotatable bonds is 1. The van der Waals surface area contributed by atoms with E-state index in [2.05, 4.69) is 37.2 Å². The van der Waals surface area contributed by atoms with Crippen molar-refractivity contribution in [2.45, 2.75) is 19.6 Å². The van der Waals surface area contributed by atoms with Crippen molar-refractivity contribution in [3.63, 3.8) is 0 Å². The van der Waals surface area contributed by atoms with Crippen LogP contribution in [0.4, 0.5) is 0 Å². The Bertz CT molecular complexity index is 483. The minimum atomic E-state index is -1.36. The van der Waals surface area contributed by atoms with Gasteiger partial charge in [0.05, 0.1) is 12.7 Å². The first-order chi connectivity index (χ1) is 7.46. The lowest BCUT2D eigenvalue weighted by Gasteiger charge is -2.05. The van der Waals surface area contributed by atoms with Crippen LogP contribution in [0.5, 0.6) is 5.75 Å². The minimum absolute atomic E-state index is 0.543. The molecule has 0 saturated heterocycles. The van der Waals surface area contributed by atoms with Gasteiger partial charge in [-0.3, -0.25) is 0 Å². The van der Waals surface area contributed by atoms with Crippen LogP contribution in [0.15, 0.2) is 18.2 Å². The summed E-state index contributed by atoms with van der Waals surface area (Å²) < 4.78 is 5.13. The number of hydrogen-bond donors (Lipinski definition) is 0. The first-order valence-corrected chi connectivity index (χ1v) is 8.57. The standard InChI is InChI=1S/C13H15NOSi/c1-15-13-9-11(5-6-12(13)10-14)7-8-16(2,3)4/h5-6,9H,1-4H3. The molecule has 0 aromatic heterocycles. The van der Waals surface area contributed by atoms with Crippen molar-refractivity contribution >= 4 is 8.07 Å². The van der Waals surface area contributed by atoms with Crippen LogP contribution >= 0.6 is 0 Å². The molecule has 0 saturated carbocycles. The first kappa shape index (κ1) is 12.4. The molecule has 2 nitrogen and oxygen atoms in total. The fourth-order valence-corrected chi connectivity index (χ4v) is 1.64. The summed E-state index contributed by atoms with van der Waals surface area (Å²) in [4.78, 5) is 0. The number of nitriles is 1. The van der Waals surface area contributed by atoms with Crippen LogP contribution in [-0.2, 0) is 0 Å². The van der Waals surface area contributed by atoms with Crippen molar-refractivity contribution in [2.24, 2.45) is 0 Å². The van der Waals surface area contributed by atoms with Crippen LogP contribution in [0.25, 0.3) is 0 Å². The van der Waals surface area contributed by atoms with Crippen molar-refractivity contribution < 1.29 is 4.74 Å². The van der Waals surface area contributed by atoms with Gasteiger partial charge in [-0.2, -0.15) is 5.26 Å². The van der Waals surface area contributed by atoms with Gasteiger partial charge in [-0.1, -0.05) is 25.6 Å². The molecule has 0 bridgehead atoms. The number of methoxy groups -OCH3 is 1. The Morgan fingerprint density at radius 3 is 2.44 bits per heavy atom. The van der Waals surface area contributed by atoms with Gasteiger partial charge in [-0.15, -0.1) is 5.54 Å². The Kier molecular flexibility index (Phi) is 3.76. The van der Waals surface area contributed by atoms with E-state index in [0.717, 1.165) is 5.56 Å². The van der Waals surface area contributed by atoms with E-state index in [9.17, 15) is 0 Å². The van der Waals surface area contributed by atoms with E-state index in [4.69, 9.17) is 10.00 Å². The monoisotopic (exact) mass is 229 g/mol. The molecular weight excluding hydrogens is 214 g/mol. The highest BCUT2D eigenvalue weighted by atomic mass is 28.3. The van der Waals surface area contributed by atoms with Crippen molar-refractivity contribution in [1.82, 2.24) is 0 Å². The lowest BCUT2D eigenvalue weighted by Crippen LogP contribution is -2.16. The predicted molar refractivity (Wildman–Crippen MR) is 67.9 cm³/mol. The van der Waals surface area contributed by atoms with E-state index in [1.165, 1.54) is 0 Å². The Hall–Kier alpha value is -1.71. The van der Waals surface area contributed by atoms with Crippen molar-refractivity contribution in [1.29, 1.82) is 5.26 Å². The molecule has 0 radical (unpaired) electrons. The van der Waals surface area contributed by atoms with Crippen LogP contribution in [0.2, 0.25) is 19.6 Å². The average molecular weight is 229 g/mol. The number of nitrogens with zero attached hydrogens (tertiary/aromatic N) is 1. The molecule has 1 rings (SSSR count). The summed E-state index contributed by atoms with van der Waals surface area (Å²) in [6.45, 7) is 6.59. The van der Waals surface area contributed by atoms with Gasteiger partial charge in [-0.25, -0.2) is 0 Å². The van der Waals surface area contributed by atoms with Gasteiger partial charge in [0.2, 0.25) is 0 Å². The summed E-state index contributed by atoms with van der Waals surface area (Å²) in [7, 11) is 0.205. The zero-order valence-corrected chi connectivity index (χ0v) is 11.1. The van der Waals surface area contributed by atoms with Crippen molar-refractivity contribution in [3.05, 3.63) is 29.3 Å². The highest BCUT2D eigenvalue weighted by Gasteiger charge is 2.08. The van der Waals surface area contributed by atoms with E-state index < -0.39 is 8.07 Å². The molecule has 16 heavy (non-hydrogen) atoms. The second kappa shape index (κ2) is 4.87. The molecule has 3 heteroatoms. The molecule has 1 aromatic carbocycles. The lowest BCUT2D eigenvalue weighted by atomic mass is 10.1. The fourth-order valence-electron chi connectivity index (χ4n) is 1.12.